The molecule has 0 unspecified atom stereocenters. The summed E-state index contributed by atoms with van der Waals surface area (Å²) in [6, 6.07) is 1.71. The van der Waals surface area contributed by atoms with Crippen LogP contribution in [0.5, 0.6) is 0 Å². The first-order valence-electron chi connectivity index (χ1n) is 7.35. The van der Waals surface area contributed by atoms with E-state index in [2.05, 4.69) is 4.74 Å². The number of esters is 1. The van der Waals surface area contributed by atoms with Crippen LogP contribution in [0.3, 0.4) is 0 Å². The molecule has 0 saturated carbocycles. The molecule has 1 aromatic carbocycles. The van der Waals surface area contributed by atoms with Gasteiger partial charge in [0.15, 0.2) is 0 Å². The second-order valence-corrected chi connectivity index (χ2v) is 5.02. The average Bonchev–Trinajstić information content (AvgIpc) is 2.48. The zero-order chi connectivity index (χ0) is 19.3. The molecule has 0 aliphatic heterocycles. The van der Waals surface area contributed by atoms with Crippen molar-refractivity contribution in [2.24, 2.45) is 0 Å². The third-order valence-corrected chi connectivity index (χ3v) is 3.06. The number of benzene rings is 1. The highest BCUT2D eigenvalue weighted by atomic mass is 19.4. The molecule has 10 heteroatoms. The van der Waals surface area contributed by atoms with Crippen LogP contribution in [0.1, 0.15) is 26.7 Å². The number of halogens is 5. The van der Waals surface area contributed by atoms with Gasteiger partial charge in [0.05, 0.1) is 12.3 Å². The molecule has 1 amide bonds. The number of hydrogen-bond donors (Lipinski definition) is 2. The van der Waals surface area contributed by atoms with E-state index >= 15 is 0 Å². The Balaban J connectivity index is 3.40. The minimum atomic E-state index is -5.37. The van der Waals surface area contributed by atoms with Gasteiger partial charge in [0.25, 0.3) is 0 Å². The summed E-state index contributed by atoms with van der Waals surface area (Å²) in [7, 11) is 0. The summed E-state index contributed by atoms with van der Waals surface area (Å²) in [4.78, 5) is 23.7. The van der Waals surface area contributed by atoms with Crippen molar-refractivity contribution in [2.75, 3.05) is 11.9 Å². The van der Waals surface area contributed by atoms with Crippen LogP contribution < -0.4 is 10.6 Å². The molecule has 0 saturated heterocycles. The van der Waals surface area contributed by atoms with E-state index in [-0.39, 0.29) is 12.8 Å². The molecule has 1 rings (SSSR count). The molecule has 0 radical (unpaired) electrons. The van der Waals surface area contributed by atoms with Gasteiger partial charge in [-0.1, -0.05) is 6.92 Å². The van der Waals surface area contributed by atoms with Gasteiger partial charge < -0.3 is 15.4 Å². The monoisotopic (exact) mass is 368 g/mol. The van der Waals surface area contributed by atoms with Crippen molar-refractivity contribution >= 4 is 17.6 Å². The fraction of sp³-hybridized carbons (Fsp3) is 0.467. The molecule has 140 valence electrons. The van der Waals surface area contributed by atoms with Crippen molar-refractivity contribution in [3.8, 4) is 0 Å². The number of carbonyl (C=O) groups is 2. The molecule has 1 atom stereocenters. The average molecular weight is 368 g/mol. The Kier molecular flexibility index (Phi) is 6.71. The highest BCUT2D eigenvalue weighted by Gasteiger charge is 2.63. The van der Waals surface area contributed by atoms with Crippen LogP contribution in [-0.2, 0) is 14.3 Å². The summed E-state index contributed by atoms with van der Waals surface area (Å²) in [5.74, 6) is -5.35. The summed E-state index contributed by atoms with van der Waals surface area (Å²) in [5.41, 5.74) is -4.54. The van der Waals surface area contributed by atoms with Crippen molar-refractivity contribution in [1.82, 2.24) is 5.32 Å². The number of hydrogen-bond acceptors (Lipinski definition) is 4. The fourth-order valence-electron chi connectivity index (χ4n) is 1.92. The largest absolute Gasteiger partial charge is 0.463 e. The fourth-order valence-corrected chi connectivity index (χ4v) is 1.92. The van der Waals surface area contributed by atoms with Gasteiger partial charge in [-0.2, -0.15) is 13.2 Å². The summed E-state index contributed by atoms with van der Waals surface area (Å²) in [6.07, 6.45) is -5.46. The van der Waals surface area contributed by atoms with Crippen LogP contribution in [0, 0.1) is 11.6 Å². The normalized spacial score (nSPS) is 13.7. The molecule has 2 N–H and O–H groups in total. The quantitative estimate of drug-likeness (QED) is 0.441. The van der Waals surface area contributed by atoms with Gasteiger partial charge in [-0.05, 0) is 25.5 Å². The number of carbonyl (C=O) groups excluding carboxylic acids is 2. The summed E-state index contributed by atoms with van der Waals surface area (Å²) in [6.45, 7) is 2.41. The van der Waals surface area contributed by atoms with Crippen LogP contribution in [-0.4, -0.2) is 30.3 Å². The number of anilines is 1. The first-order chi connectivity index (χ1) is 11.6. The maximum Gasteiger partial charge on any atom is 0.441 e. The summed E-state index contributed by atoms with van der Waals surface area (Å²) < 4.78 is 72.2. The SMILES string of the molecule is CCCC(=O)N[C@](Nc1ccc(F)cc1F)(C(=O)OCC)C(F)(F)F. The molecular weight excluding hydrogens is 351 g/mol. The van der Waals surface area contributed by atoms with Crippen molar-refractivity contribution in [3.63, 3.8) is 0 Å². The van der Waals surface area contributed by atoms with Gasteiger partial charge in [0.2, 0.25) is 5.91 Å². The van der Waals surface area contributed by atoms with Crippen molar-refractivity contribution in [1.29, 1.82) is 0 Å². The first kappa shape index (κ1) is 20.7. The van der Waals surface area contributed by atoms with Crippen molar-refractivity contribution in [3.05, 3.63) is 29.8 Å². The Bertz CT molecular complexity index is 636. The first-order valence-corrected chi connectivity index (χ1v) is 7.35. The number of amides is 1. The molecule has 0 aliphatic rings. The second-order valence-electron chi connectivity index (χ2n) is 5.02. The lowest BCUT2D eigenvalue weighted by atomic mass is 10.1. The smallest absolute Gasteiger partial charge is 0.441 e. The van der Waals surface area contributed by atoms with Crippen LogP contribution in [0.4, 0.5) is 27.6 Å². The Labute approximate surface area is 140 Å². The molecule has 0 bridgehead atoms. The molecule has 0 aliphatic carbocycles. The van der Waals surface area contributed by atoms with Gasteiger partial charge in [0, 0.05) is 12.5 Å². The van der Waals surface area contributed by atoms with E-state index in [4.69, 9.17) is 0 Å². The number of rotatable bonds is 7. The van der Waals surface area contributed by atoms with Crippen LogP contribution >= 0.6 is 0 Å². The van der Waals surface area contributed by atoms with Crippen LogP contribution in [0.2, 0.25) is 0 Å². The molecule has 5 nitrogen and oxygen atoms in total. The molecular formula is C15H17F5N2O3. The lowest BCUT2D eigenvalue weighted by Crippen LogP contribution is -2.69. The van der Waals surface area contributed by atoms with Crippen LogP contribution in [0.15, 0.2) is 18.2 Å². The highest BCUT2D eigenvalue weighted by molar-refractivity contribution is 5.91. The van der Waals surface area contributed by atoms with Gasteiger partial charge in [-0.15, -0.1) is 0 Å². The van der Waals surface area contributed by atoms with Crippen molar-refractivity contribution in [2.45, 2.75) is 38.5 Å². The Morgan fingerprint density at radius 2 is 1.80 bits per heavy atom. The highest BCUT2D eigenvalue weighted by Crippen LogP contribution is 2.34. The minimum absolute atomic E-state index is 0.216. The Hall–Kier alpha value is -2.39. The molecule has 0 spiro atoms. The lowest BCUT2D eigenvalue weighted by Gasteiger charge is -2.35. The van der Waals surface area contributed by atoms with Gasteiger partial charge in [-0.25, -0.2) is 13.6 Å². The zero-order valence-electron chi connectivity index (χ0n) is 13.5. The minimum Gasteiger partial charge on any atom is -0.463 e. The predicted molar refractivity (Wildman–Crippen MR) is 78.5 cm³/mol. The Morgan fingerprint density at radius 1 is 1.16 bits per heavy atom. The van der Waals surface area contributed by atoms with Crippen LogP contribution in [0.25, 0.3) is 0 Å². The maximum absolute atomic E-state index is 13.8. The molecule has 0 fully saturated rings. The van der Waals surface area contributed by atoms with Gasteiger partial charge in [-0.3, -0.25) is 4.79 Å². The predicted octanol–water partition coefficient (Wildman–Crippen LogP) is 3.11. The molecule has 0 aromatic heterocycles. The van der Waals surface area contributed by atoms with E-state index in [0.717, 1.165) is 0 Å². The summed E-state index contributed by atoms with van der Waals surface area (Å²) in [5, 5.41) is 3.17. The lowest BCUT2D eigenvalue weighted by molar-refractivity contribution is -0.207. The standard InChI is InChI=1S/C15H17F5N2O3/c1-3-5-12(23)22-14(15(18,19)20,13(24)25-4-2)21-11-7-6-9(16)8-10(11)17/h6-8,21H,3-5H2,1-2H3,(H,22,23)/t14-/m1/s1. The molecule has 1 aromatic rings. The number of ether oxygens (including phenoxy) is 1. The third kappa shape index (κ3) is 4.80. The molecule has 0 heterocycles. The van der Waals surface area contributed by atoms with Crippen molar-refractivity contribution < 1.29 is 36.3 Å². The van der Waals surface area contributed by atoms with E-state index in [9.17, 15) is 31.5 Å². The second kappa shape index (κ2) is 8.13. The van der Waals surface area contributed by atoms with Gasteiger partial charge in [0.1, 0.15) is 11.6 Å². The Morgan fingerprint density at radius 3 is 2.28 bits per heavy atom. The zero-order valence-corrected chi connectivity index (χ0v) is 13.5. The maximum atomic E-state index is 13.8. The van der Waals surface area contributed by atoms with E-state index < -0.39 is 47.6 Å². The molecule has 25 heavy (non-hydrogen) atoms. The summed E-state index contributed by atoms with van der Waals surface area (Å²) >= 11 is 0. The van der Waals surface area contributed by atoms with Gasteiger partial charge >= 0.3 is 17.8 Å². The third-order valence-electron chi connectivity index (χ3n) is 3.06. The van der Waals surface area contributed by atoms with E-state index in [1.54, 1.807) is 12.2 Å². The van der Waals surface area contributed by atoms with E-state index in [1.165, 1.54) is 12.2 Å². The topological polar surface area (TPSA) is 67.4 Å². The van der Waals surface area contributed by atoms with E-state index in [0.29, 0.717) is 18.2 Å². The van der Waals surface area contributed by atoms with E-state index in [1.807, 2.05) is 0 Å². The number of alkyl halides is 3. The number of nitrogens with one attached hydrogen (secondary N) is 2.